The van der Waals surface area contributed by atoms with Crippen molar-refractivity contribution >= 4 is 38.6 Å². The van der Waals surface area contributed by atoms with Gasteiger partial charge in [0.2, 0.25) is 0 Å². The average molecular weight is 468 g/mol. The van der Waals surface area contributed by atoms with Crippen molar-refractivity contribution in [3.63, 3.8) is 0 Å². The number of hydrogen-bond donors (Lipinski definition) is 2. The molecule has 0 aliphatic heterocycles. The van der Waals surface area contributed by atoms with Gasteiger partial charge in [0.05, 0.1) is 21.3 Å². The van der Waals surface area contributed by atoms with Crippen LogP contribution in [-0.2, 0) is 10.0 Å². The molecule has 0 unspecified atom stereocenters. The maximum atomic E-state index is 13.8. The van der Waals surface area contributed by atoms with Crippen molar-refractivity contribution < 1.29 is 17.6 Å². The van der Waals surface area contributed by atoms with Crippen LogP contribution in [0.3, 0.4) is 0 Å². The molecule has 1 amide bonds. The Morgan fingerprint density at radius 2 is 1.75 bits per heavy atom. The number of para-hydroxylation sites is 1. The third kappa shape index (κ3) is 4.84. The van der Waals surface area contributed by atoms with Crippen LogP contribution in [0.4, 0.5) is 15.8 Å². The molecular formula is C23H18FN3O3S2. The summed E-state index contributed by atoms with van der Waals surface area (Å²) >= 11 is 1.56. The van der Waals surface area contributed by atoms with Gasteiger partial charge >= 0.3 is 0 Å². The lowest BCUT2D eigenvalue weighted by molar-refractivity contribution is 0.102. The van der Waals surface area contributed by atoms with Crippen LogP contribution in [0.15, 0.2) is 83.1 Å². The van der Waals surface area contributed by atoms with E-state index in [1.807, 2.05) is 24.4 Å². The van der Waals surface area contributed by atoms with Crippen molar-refractivity contribution in [2.75, 3.05) is 10.0 Å². The van der Waals surface area contributed by atoms with Crippen molar-refractivity contribution in [2.24, 2.45) is 0 Å². The molecule has 4 rings (SSSR count). The molecule has 162 valence electrons. The lowest BCUT2D eigenvalue weighted by Gasteiger charge is -2.10. The zero-order valence-corrected chi connectivity index (χ0v) is 18.5. The Morgan fingerprint density at radius 1 is 1.00 bits per heavy atom. The van der Waals surface area contributed by atoms with Crippen molar-refractivity contribution in [2.45, 2.75) is 11.8 Å². The molecule has 0 saturated carbocycles. The van der Waals surface area contributed by atoms with Gasteiger partial charge in [-0.2, -0.15) is 0 Å². The van der Waals surface area contributed by atoms with Gasteiger partial charge in [-0.15, -0.1) is 11.3 Å². The highest BCUT2D eigenvalue weighted by molar-refractivity contribution is 7.92. The summed E-state index contributed by atoms with van der Waals surface area (Å²) in [6.07, 6.45) is 0. The van der Waals surface area contributed by atoms with Gasteiger partial charge in [0.25, 0.3) is 15.9 Å². The lowest BCUT2D eigenvalue weighted by Crippen LogP contribution is -2.16. The number of nitrogens with zero attached hydrogens (tertiary/aromatic N) is 1. The molecule has 9 heteroatoms. The minimum atomic E-state index is -4.07. The summed E-state index contributed by atoms with van der Waals surface area (Å²) in [6, 6.07) is 18.2. The fourth-order valence-electron chi connectivity index (χ4n) is 2.98. The van der Waals surface area contributed by atoms with Crippen molar-refractivity contribution in [1.82, 2.24) is 4.98 Å². The van der Waals surface area contributed by atoms with E-state index in [-0.39, 0.29) is 16.1 Å². The largest absolute Gasteiger partial charge is 0.322 e. The smallest absolute Gasteiger partial charge is 0.262 e. The number of aromatic nitrogens is 1. The second-order valence-corrected chi connectivity index (χ2v) is 9.64. The van der Waals surface area contributed by atoms with E-state index in [0.29, 0.717) is 5.69 Å². The number of sulfonamides is 1. The van der Waals surface area contributed by atoms with E-state index >= 15 is 0 Å². The summed E-state index contributed by atoms with van der Waals surface area (Å²) in [6.45, 7) is 1.93. The van der Waals surface area contributed by atoms with Crippen LogP contribution in [0.2, 0.25) is 0 Å². The van der Waals surface area contributed by atoms with Crippen LogP contribution in [0.5, 0.6) is 0 Å². The molecule has 0 aliphatic carbocycles. The molecule has 1 heterocycles. The third-order valence-corrected chi connectivity index (χ3v) is 6.72. The topological polar surface area (TPSA) is 88.2 Å². The molecule has 32 heavy (non-hydrogen) atoms. The molecule has 0 atom stereocenters. The highest BCUT2D eigenvalue weighted by Crippen LogP contribution is 2.24. The molecule has 1 aromatic heterocycles. The van der Waals surface area contributed by atoms with Gasteiger partial charge < -0.3 is 5.32 Å². The van der Waals surface area contributed by atoms with Crippen molar-refractivity contribution in [1.29, 1.82) is 0 Å². The summed E-state index contributed by atoms with van der Waals surface area (Å²) in [4.78, 5) is 16.9. The number of aryl methyl sites for hydroxylation is 1. The Bertz CT molecular complexity index is 1380. The van der Waals surface area contributed by atoms with E-state index in [1.54, 1.807) is 23.5 Å². The van der Waals surface area contributed by atoms with Gasteiger partial charge in [0.15, 0.2) is 0 Å². The molecule has 6 nitrogen and oxygen atoms in total. The van der Waals surface area contributed by atoms with Crippen LogP contribution in [-0.4, -0.2) is 19.3 Å². The van der Waals surface area contributed by atoms with Crippen LogP contribution in [0.1, 0.15) is 15.4 Å². The molecule has 4 aromatic rings. The predicted molar refractivity (Wildman–Crippen MR) is 124 cm³/mol. The molecule has 0 radical (unpaired) electrons. The van der Waals surface area contributed by atoms with Gasteiger partial charge in [-0.1, -0.05) is 30.3 Å². The number of carbonyl (C=O) groups is 1. The first-order valence-corrected chi connectivity index (χ1v) is 11.9. The molecule has 0 fully saturated rings. The number of benzene rings is 3. The van der Waals surface area contributed by atoms with Gasteiger partial charge in [0.1, 0.15) is 5.82 Å². The number of carbonyl (C=O) groups excluding carboxylic acids is 1. The highest BCUT2D eigenvalue weighted by Gasteiger charge is 2.18. The van der Waals surface area contributed by atoms with E-state index in [4.69, 9.17) is 0 Å². The Morgan fingerprint density at radius 3 is 2.44 bits per heavy atom. The summed E-state index contributed by atoms with van der Waals surface area (Å²) in [7, 11) is -4.07. The fourth-order valence-corrected chi connectivity index (χ4v) is 4.71. The fraction of sp³-hybridized carbons (Fsp3) is 0.0435. The number of amides is 1. The maximum absolute atomic E-state index is 13.8. The third-order valence-electron chi connectivity index (χ3n) is 4.58. The van der Waals surface area contributed by atoms with E-state index in [9.17, 15) is 17.6 Å². The van der Waals surface area contributed by atoms with Crippen LogP contribution in [0.25, 0.3) is 11.3 Å². The number of nitrogens with one attached hydrogen (secondary N) is 2. The zero-order chi connectivity index (χ0) is 22.7. The number of thiazole rings is 1. The molecule has 0 saturated heterocycles. The minimum absolute atomic E-state index is 0.150. The quantitative estimate of drug-likeness (QED) is 0.402. The van der Waals surface area contributed by atoms with E-state index in [2.05, 4.69) is 15.0 Å². The number of hydrogen-bond acceptors (Lipinski definition) is 5. The van der Waals surface area contributed by atoms with E-state index < -0.39 is 21.7 Å². The van der Waals surface area contributed by atoms with Gasteiger partial charge in [-0.25, -0.2) is 17.8 Å². The first kappa shape index (κ1) is 21.7. The summed E-state index contributed by atoms with van der Waals surface area (Å²) < 4.78 is 41.3. The second-order valence-electron chi connectivity index (χ2n) is 6.90. The first-order chi connectivity index (χ1) is 15.3. The normalized spacial score (nSPS) is 11.2. The Labute approximate surface area is 188 Å². The Hall–Kier alpha value is -3.56. The van der Waals surface area contributed by atoms with Gasteiger partial charge in [0, 0.05) is 22.2 Å². The van der Waals surface area contributed by atoms with Gasteiger partial charge in [-0.05, 0) is 49.4 Å². The maximum Gasteiger partial charge on any atom is 0.262 e. The van der Waals surface area contributed by atoms with Crippen LogP contribution in [0, 0.1) is 12.7 Å². The molecule has 0 spiro atoms. The van der Waals surface area contributed by atoms with E-state index in [0.717, 1.165) is 22.3 Å². The van der Waals surface area contributed by atoms with Crippen LogP contribution < -0.4 is 10.0 Å². The molecule has 3 aromatic carbocycles. The number of anilines is 2. The predicted octanol–water partition coefficient (Wildman–Crippen LogP) is 5.31. The van der Waals surface area contributed by atoms with E-state index in [1.165, 1.54) is 42.5 Å². The Balaban J connectivity index is 1.50. The molecule has 2 N–H and O–H groups in total. The number of rotatable bonds is 6. The summed E-state index contributed by atoms with van der Waals surface area (Å²) in [5.74, 6) is -1.16. The van der Waals surface area contributed by atoms with Crippen molar-refractivity contribution in [3.8, 4) is 11.3 Å². The monoisotopic (exact) mass is 467 g/mol. The van der Waals surface area contributed by atoms with Crippen LogP contribution >= 0.6 is 11.3 Å². The molecule has 0 aliphatic rings. The van der Waals surface area contributed by atoms with Gasteiger partial charge in [-0.3, -0.25) is 9.52 Å². The average Bonchev–Trinajstić information content (AvgIpc) is 3.22. The molecular weight excluding hydrogens is 449 g/mol. The highest BCUT2D eigenvalue weighted by atomic mass is 32.2. The summed E-state index contributed by atoms with van der Waals surface area (Å²) in [5, 5.41) is 5.68. The summed E-state index contributed by atoms with van der Waals surface area (Å²) in [5.41, 5.74) is 2.34. The first-order valence-electron chi connectivity index (χ1n) is 9.53. The SMILES string of the molecule is Cc1nc(-c2ccc(NC(=O)c3cccc(S(=O)(=O)Nc4ccccc4F)c3)cc2)cs1. The zero-order valence-electron chi connectivity index (χ0n) is 16.9. The molecule has 0 bridgehead atoms. The van der Waals surface area contributed by atoms with Crippen molar-refractivity contribution in [3.05, 3.63) is 94.6 Å². The standard InChI is InChI=1S/C23H18FN3O3S2/c1-15-25-22(14-31-15)16-9-11-18(12-10-16)26-23(28)17-5-4-6-19(13-17)32(29,30)27-21-8-3-2-7-20(21)24/h2-14,27H,1H3,(H,26,28). The number of halogens is 1. The Kier molecular flexibility index (Phi) is 6.02. The lowest BCUT2D eigenvalue weighted by atomic mass is 10.1. The second kappa shape index (κ2) is 8.89. The minimum Gasteiger partial charge on any atom is -0.322 e.